The topological polar surface area (TPSA) is 96.4 Å². The maximum absolute atomic E-state index is 11.9. The fraction of sp³-hybridized carbons (Fsp3) is 0.545. The van der Waals surface area contributed by atoms with Crippen molar-refractivity contribution >= 4 is 37.5 Å². The largest absolute Gasteiger partial charge is 0.383 e. The smallest absolute Gasteiger partial charge is 0.351 e. The molecule has 21 heavy (non-hydrogen) atoms. The first-order valence-corrected chi connectivity index (χ1v) is 10.8. The molecule has 1 saturated heterocycles. The molecule has 0 aromatic carbocycles. The molecule has 1 aromatic rings. The molecule has 0 aliphatic carbocycles. The summed E-state index contributed by atoms with van der Waals surface area (Å²) in [6.45, 7) is 2.51. The number of ether oxygens (including phenoxy) is 1. The molecular weight excluding hydrogens is 331 g/mol. The Kier molecular flexibility index (Phi) is 5.81. The van der Waals surface area contributed by atoms with Crippen LogP contribution in [0, 0.1) is 5.92 Å². The van der Waals surface area contributed by atoms with Crippen LogP contribution in [0.3, 0.4) is 0 Å². The molecule has 116 valence electrons. The van der Waals surface area contributed by atoms with E-state index in [1.807, 2.05) is 6.92 Å². The van der Waals surface area contributed by atoms with E-state index in [4.69, 9.17) is 15.0 Å². The Bertz CT molecular complexity index is 580. The van der Waals surface area contributed by atoms with Crippen LogP contribution < -0.4 is 11.4 Å². The van der Waals surface area contributed by atoms with Crippen LogP contribution >= 0.6 is 25.4 Å². The number of carbonyl (C=O) groups excluding carboxylic acids is 1. The zero-order valence-corrected chi connectivity index (χ0v) is 14.7. The van der Waals surface area contributed by atoms with Gasteiger partial charge in [-0.3, -0.25) is 9.36 Å². The van der Waals surface area contributed by atoms with Crippen molar-refractivity contribution in [2.45, 2.75) is 25.7 Å². The van der Waals surface area contributed by atoms with Crippen molar-refractivity contribution in [1.29, 1.82) is 0 Å². The first-order chi connectivity index (χ1) is 9.92. The lowest BCUT2D eigenvalue weighted by atomic mass is 10.0. The Morgan fingerprint density at radius 3 is 3.00 bits per heavy atom. The molecule has 10 heteroatoms. The monoisotopic (exact) mass is 349 g/mol. The summed E-state index contributed by atoms with van der Waals surface area (Å²) < 4.78 is 12.7. The lowest BCUT2D eigenvalue weighted by Gasteiger charge is -2.18. The van der Waals surface area contributed by atoms with Gasteiger partial charge in [0.15, 0.2) is 6.29 Å². The molecule has 1 aliphatic rings. The average molecular weight is 349 g/mol. The van der Waals surface area contributed by atoms with Gasteiger partial charge in [-0.05, 0) is 12.3 Å². The van der Waals surface area contributed by atoms with E-state index in [1.165, 1.54) is 10.8 Å². The first-order valence-electron chi connectivity index (χ1n) is 6.34. The molecule has 1 aliphatic heterocycles. The van der Waals surface area contributed by atoms with E-state index < -0.39 is 19.4 Å². The van der Waals surface area contributed by atoms with Crippen LogP contribution in [-0.2, 0) is 9.26 Å². The molecule has 0 amide bonds. The molecule has 3 unspecified atom stereocenters. The highest BCUT2D eigenvalue weighted by atomic mass is 32.4. The van der Waals surface area contributed by atoms with E-state index in [9.17, 15) is 9.59 Å². The summed E-state index contributed by atoms with van der Waals surface area (Å²) in [6, 6.07) is 0. The van der Waals surface area contributed by atoms with E-state index in [0.29, 0.717) is 19.3 Å². The summed E-state index contributed by atoms with van der Waals surface area (Å²) in [6.07, 6.45) is 2.09. The minimum atomic E-state index is -0.613. The van der Waals surface area contributed by atoms with Gasteiger partial charge in [-0.1, -0.05) is 24.8 Å². The number of nitrogens with zero attached hydrogens (tertiary/aromatic N) is 2. The number of rotatable bonds is 5. The number of hydrogen-bond donors (Lipinski definition) is 1. The van der Waals surface area contributed by atoms with Gasteiger partial charge in [0.2, 0.25) is 0 Å². The second kappa shape index (κ2) is 7.21. The first kappa shape index (κ1) is 16.9. The van der Waals surface area contributed by atoms with Crippen molar-refractivity contribution in [3.8, 4) is 0 Å². The molecule has 2 N–H and O–H groups in total. The van der Waals surface area contributed by atoms with Crippen molar-refractivity contribution < 1.29 is 14.1 Å². The van der Waals surface area contributed by atoms with E-state index in [0.717, 1.165) is 0 Å². The molecule has 2 rings (SSSR count). The average Bonchev–Trinajstić information content (AvgIpc) is 2.77. The van der Waals surface area contributed by atoms with Gasteiger partial charge in [-0.15, -0.1) is 0 Å². The van der Waals surface area contributed by atoms with E-state index >= 15 is 0 Å². The quantitative estimate of drug-likeness (QED) is 0.640. The summed E-state index contributed by atoms with van der Waals surface area (Å²) in [4.78, 5) is 26.5. The third-order valence-corrected chi connectivity index (χ3v) is 4.72. The van der Waals surface area contributed by atoms with Gasteiger partial charge >= 0.3 is 5.69 Å². The van der Waals surface area contributed by atoms with Crippen LogP contribution in [-0.4, -0.2) is 28.5 Å². The number of hydrogen-bond acceptors (Lipinski definition) is 6. The Morgan fingerprint density at radius 2 is 2.38 bits per heavy atom. The number of carbonyl (C=O) groups is 1. The van der Waals surface area contributed by atoms with E-state index in [-0.39, 0.29) is 23.4 Å². The van der Waals surface area contributed by atoms with Crippen LogP contribution in [0.5, 0.6) is 0 Å². The Labute approximate surface area is 128 Å². The molecule has 5 atom stereocenters. The number of anilines is 1. The van der Waals surface area contributed by atoms with Crippen LogP contribution in [0.1, 0.15) is 29.9 Å². The standard InChI is InChI=1S/C11H18N3O4P3/c1-6-2-9(18-8(6)5-17-21(19)20)14-3-7(4-15)10(12)13-11(14)16/h3-4,6,8-9H,2,5,19-20H2,1H3,(H2,12,13,16)/t6?,8-,9-/m1/s1. The van der Waals surface area contributed by atoms with Gasteiger partial charge in [-0.2, -0.15) is 4.98 Å². The molecule has 0 saturated carbocycles. The second-order valence-corrected chi connectivity index (χ2v) is 10.7. The summed E-state index contributed by atoms with van der Waals surface area (Å²) in [5.74, 6) is 0.179. The van der Waals surface area contributed by atoms with Crippen molar-refractivity contribution in [3.05, 3.63) is 22.2 Å². The molecular formula is C11H18N3O4P3. The highest BCUT2D eigenvalue weighted by Gasteiger charge is 2.34. The Balaban J connectivity index is 2.17. The van der Waals surface area contributed by atoms with Gasteiger partial charge in [0.1, 0.15) is 12.0 Å². The van der Waals surface area contributed by atoms with Crippen molar-refractivity contribution in [2.24, 2.45) is 5.92 Å². The normalized spacial score (nSPS) is 25.4. The molecule has 7 nitrogen and oxygen atoms in total. The van der Waals surface area contributed by atoms with E-state index in [1.54, 1.807) is 0 Å². The van der Waals surface area contributed by atoms with E-state index in [2.05, 4.69) is 22.8 Å². The van der Waals surface area contributed by atoms with Crippen molar-refractivity contribution in [3.63, 3.8) is 0 Å². The fourth-order valence-corrected chi connectivity index (χ4v) is 3.03. The number of aldehydes is 1. The molecule has 1 aromatic heterocycles. The molecule has 0 bridgehead atoms. The fourth-order valence-electron chi connectivity index (χ4n) is 2.20. The van der Waals surface area contributed by atoms with Crippen LogP contribution in [0.4, 0.5) is 5.82 Å². The molecule has 2 heterocycles. The second-order valence-electron chi connectivity index (χ2n) is 4.89. The third kappa shape index (κ3) is 4.06. The van der Waals surface area contributed by atoms with Crippen LogP contribution in [0.15, 0.2) is 11.0 Å². The predicted octanol–water partition coefficient (Wildman–Crippen LogP) is 1.56. The highest BCUT2D eigenvalue weighted by molar-refractivity contribution is 8.41. The summed E-state index contributed by atoms with van der Waals surface area (Å²) in [7, 11) is 4.56. The molecule has 0 radical (unpaired) electrons. The van der Waals surface area contributed by atoms with Gasteiger partial charge in [-0.25, -0.2) is 4.79 Å². The minimum Gasteiger partial charge on any atom is -0.383 e. The molecule has 1 fully saturated rings. The van der Waals surface area contributed by atoms with Gasteiger partial charge < -0.3 is 15.0 Å². The van der Waals surface area contributed by atoms with Gasteiger partial charge in [0.05, 0.1) is 25.8 Å². The predicted molar refractivity (Wildman–Crippen MR) is 88.3 cm³/mol. The summed E-state index contributed by atoms with van der Waals surface area (Å²) >= 11 is 0. The van der Waals surface area contributed by atoms with Crippen LogP contribution in [0.25, 0.3) is 0 Å². The lowest BCUT2D eigenvalue weighted by Crippen LogP contribution is -2.29. The summed E-state index contributed by atoms with van der Waals surface area (Å²) in [5, 5.41) is 0. The minimum absolute atomic E-state index is 0.0613. The number of nitrogens with two attached hydrogens (primary N) is 1. The maximum atomic E-state index is 11.9. The Morgan fingerprint density at radius 1 is 1.67 bits per heavy atom. The maximum Gasteiger partial charge on any atom is 0.351 e. The Hall–Kier alpha value is -0.440. The zero-order chi connectivity index (χ0) is 15.6. The van der Waals surface area contributed by atoms with Gasteiger partial charge in [0, 0.05) is 6.20 Å². The highest BCUT2D eigenvalue weighted by Crippen LogP contribution is 2.54. The third-order valence-electron chi connectivity index (χ3n) is 3.38. The SMILES string of the molecule is CC1C[C@H](n2cc(C=O)c(N)nc2=O)O[C@@H]1COP(P)P. The van der Waals surface area contributed by atoms with Gasteiger partial charge in [0.25, 0.3) is 0 Å². The number of aromatic nitrogens is 2. The van der Waals surface area contributed by atoms with Crippen molar-refractivity contribution in [1.82, 2.24) is 9.55 Å². The lowest BCUT2D eigenvalue weighted by molar-refractivity contribution is -0.0239. The zero-order valence-electron chi connectivity index (χ0n) is 11.5. The molecule has 0 spiro atoms. The van der Waals surface area contributed by atoms with Crippen LogP contribution in [0.2, 0.25) is 0 Å². The summed E-state index contributed by atoms with van der Waals surface area (Å²) in [5.41, 5.74) is 5.18. The number of nitrogen functional groups attached to an aromatic ring is 1. The van der Waals surface area contributed by atoms with Crippen molar-refractivity contribution in [2.75, 3.05) is 12.3 Å².